The maximum atomic E-state index is 11.6. The fourth-order valence-electron chi connectivity index (χ4n) is 2.71. The summed E-state index contributed by atoms with van der Waals surface area (Å²) in [5.41, 5.74) is 3.35. The first-order valence-electron chi connectivity index (χ1n) is 7.11. The molecular formula is C18H18O2. The maximum Gasteiger partial charge on any atom is 0.338 e. The molecule has 3 rings (SSSR count). The second-order valence-electron chi connectivity index (χ2n) is 5.20. The minimum absolute atomic E-state index is 0.241. The molecule has 2 nitrogen and oxygen atoms in total. The van der Waals surface area contributed by atoms with Crippen molar-refractivity contribution in [2.45, 2.75) is 25.2 Å². The molecule has 0 heterocycles. The number of benzene rings is 2. The van der Waals surface area contributed by atoms with E-state index in [9.17, 15) is 4.79 Å². The highest BCUT2D eigenvalue weighted by atomic mass is 16.5. The Labute approximate surface area is 119 Å². The van der Waals surface area contributed by atoms with Crippen LogP contribution in [-0.2, 0) is 4.74 Å². The summed E-state index contributed by atoms with van der Waals surface area (Å²) >= 11 is 0. The van der Waals surface area contributed by atoms with Gasteiger partial charge in [-0.15, -0.1) is 0 Å². The summed E-state index contributed by atoms with van der Waals surface area (Å²) in [6, 6.07) is 18.5. The zero-order valence-electron chi connectivity index (χ0n) is 11.6. The lowest BCUT2D eigenvalue weighted by atomic mass is 10.0. The largest absolute Gasteiger partial charge is 0.462 e. The molecular weight excluding hydrogens is 248 g/mol. The van der Waals surface area contributed by atoms with Gasteiger partial charge in [0.05, 0.1) is 12.2 Å². The fourth-order valence-corrected chi connectivity index (χ4v) is 2.71. The molecule has 2 aromatic rings. The Kier molecular flexibility index (Phi) is 3.55. The van der Waals surface area contributed by atoms with Gasteiger partial charge in [0.15, 0.2) is 0 Å². The van der Waals surface area contributed by atoms with E-state index in [-0.39, 0.29) is 5.97 Å². The standard InChI is InChI=1S/C18H18O2/c1-2-20-18(19)15-10-8-14(9-11-15)17-12-16(17)13-6-4-3-5-7-13/h3-11,16-17H,2,12H2,1H3/t16-,17+/m0/s1. The van der Waals surface area contributed by atoms with Crippen molar-refractivity contribution in [3.8, 4) is 0 Å². The summed E-state index contributed by atoms with van der Waals surface area (Å²) in [6.07, 6.45) is 1.20. The van der Waals surface area contributed by atoms with Crippen molar-refractivity contribution in [1.29, 1.82) is 0 Å². The first-order chi connectivity index (χ1) is 9.79. The molecule has 2 heteroatoms. The Morgan fingerprint density at radius 3 is 2.20 bits per heavy atom. The Morgan fingerprint density at radius 2 is 1.60 bits per heavy atom. The lowest BCUT2D eigenvalue weighted by molar-refractivity contribution is 0.0526. The van der Waals surface area contributed by atoms with Gasteiger partial charge in [-0.1, -0.05) is 42.5 Å². The Morgan fingerprint density at radius 1 is 1.00 bits per heavy atom. The third kappa shape index (κ3) is 2.60. The third-order valence-corrected chi connectivity index (χ3v) is 3.87. The molecule has 1 aliphatic carbocycles. The monoisotopic (exact) mass is 266 g/mol. The van der Waals surface area contributed by atoms with Gasteiger partial charge in [0, 0.05) is 0 Å². The molecule has 1 fully saturated rings. The van der Waals surface area contributed by atoms with Crippen LogP contribution in [0.4, 0.5) is 0 Å². The number of ether oxygens (including phenoxy) is 1. The molecule has 0 bridgehead atoms. The summed E-state index contributed by atoms with van der Waals surface area (Å²) in [5, 5.41) is 0. The molecule has 1 aliphatic rings. The molecule has 0 spiro atoms. The summed E-state index contributed by atoms with van der Waals surface area (Å²) in [4.78, 5) is 11.6. The zero-order chi connectivity index (χ0) is 13.9. The number of rotatable bonds is 4. The second-order valence-corrected chi connectivity index (χ2v) is 5.20. The molecule has 2 aromatic carbocycles. The maximum absolute atomic E-state index is 11.6. The van der Waals surface area contributed by atoms with Crippen LogP contribution in [0.15, 0.2) is 54.6 Å². The van der Waals surface area contributed by atoms with Gasteiger partial charge < -0.3 is 4.74 Å². The van der Waals surface area contributed by atoms with Crippen molar-refractivity contribution in [2.24, 2.45) is 0 Å². The third-order valence-electron chi connectivity index (χ3n) is 3.87. The van der Waals surface area contributed by atoms with Crippen LogP contribution in [0.3, 0.4) is 0 Å². The van der Waals surface area contributed by atoms with Crippen LogP contribution in [-0.4, -0.2) is 12.6 Å². The van der Waals surface area contributed by atoms with Gasteiger partial charge in [-0.05, 0) is 48.4 Å². The van der Waals surface area contributed by atoms with Gasteiger partial charge in [0.2, 0.25) is 0 Å². The van der Waals surface area contributed by atoms with Gasteiger partial charge in [-0.2, -0.15) is 0 Å². The second kappa shape index (κ2) is 5.49. The minimum Gasteiger partial charge on any atom is -0.462 e. The van der Waals surface area contributed by atoms with E-state index in [1.54, 1.807) is 0 Å². The van der Waals surface area contributed by atoms with E-state index in [4.69, 9.17) is 4.74 Å². The van der Waals surface area contributed by atoms with Crippen LogP contribution in [0.1, 0.15) is 46.7 Å². The summed E-state index contributed by atoms with van der Waals surface area (Å²) in [7, 11) is 0. The van der Waals surface area contributed by atoms with E-state index in [2.05, 4.69) is 42.5 Å². The van der Waals surface area contributed by atoms with E-state index in [1.165, 1.54) is 17.5 Å². The number of hydrogen-bond acceptors (Lipinski definition) is 2. The fraction of sp³-hybridized carbons (Fsp3) is 0.278. The predicted molar refractivity (Wildman–Crippen MR) is 78.9 cm³/mol. The normalized spacial score (nSPS) is 20.4. The molecule has 0 saturated heterocycles. The van der Waals surface area contributed by atoms with E-state index < -0.39 is 0 Å². The topological polar surface area (TPSA) is 26.3 Å². The highest BCUT2D eigenvalue weighted by Gasteiger charge is 2.39. The Bertz CT molecular complexity index is 587. The van der Waals surface area contributed by atoms with Crippen LogP contribution < -0.4 is 0 Å². The van der Waals surface area contributed by atoms with E-state index >= 15 is 0 Å². The number of carbonyl (C=O) groups excluding carboxylic acids is 1. The smallest absolute Gasteiger partial charge is 0.338 e. The van der Waals surface area contributed by atoms with Crippen LogP contribution in [0.5, 0.6) is 0 Å². The number of carbonyl (C=O) groups is 1. The van der Waals surface area contributed by atoms with Crippen molar-refractivity contribution < 1.29 is 9.53 Å². The number of esters is 1. The highest BCUT2D eigenvalue weighted by Crippen LogP contribution is 2.54. The molecule has 0 unspecified atom stereocenters. The van der Waals surface area contributed by atoms with Crippen molar-refractivity contribution in [1.82, 2.24) is 0 Å². The minimum atomic E-state index is -0.241. The van der Waals surface area contributed by atoms with Crippen LogP contribution >= 0.6 is 0 Å². The van der Waals surface area contributed by atoms with E-state index in [0.717, 1.165) is 0 Å². The van der Waals surface area contributed by atoms with Crippen molar-refractivity contribution in [3.63, 3.8) is 0 Å². The van der Waals surface area contributed by atoms with Crippen LogP contribution in [0.2, 0.25) is 0 Å². The average Bonchev–Trinajstić information content (AvgIpc) is 3.29. The number of hydrogen-bond donors (Lipinski definition) is 0. The van der Waals surface area contributed by atoms with Crippen molar-refractivity contribution >= 4 is 5.97 Å². The first kappa shape index (κ1) is 12.9. The van der Waals surface area contributed by atoms with Gasteiger partial charge in [0.25, 0.3) is 0 Å². The molecule has 102 valence electrons. The van der Waals surface area contributed by atoms with Gasteiger partial charge in [-0.3, -0.25) is 0 Å². The molecule has 20 heavy (non-hydrogen) atoms. The zero-order valence-corrected chi connectivity index (χ0v) is 11.6. The van der Waals surface area contributed by atoms with E-state index in [1.807, 2.05) is 19.1 Å². The van der Waals surface area contributed by atoms with Gasteiger partial charge in [0.1, 0.15) is 0 Å². The average molecular weight is 266 g/mol. The van der Waals surface area contributed by atoms with Crippen LogP contribution in [0, 0.1) is 0 Å². The molecule has 0 radical (unpaired) electrons. The lowest BCUT2D eigenvalue weighted by Crippen LogP contribution is -2.04. The van der Waals surface area contributed by atoms with E-state index in [0.29, 0.717) is 24.0 Å². The van der Waals surface area contributed by atoms with Crippen LogP contribution in [0.25, 0.3) is 0 Å². The molecule has 0 amide bonds. The lowest BCUT2D eigenvalue weighted by Gasteiger charge is -2.04. The molecule has 0 N–H and O–H groups in total. The SMILES string of the molecule is CCOC(=O)c1ccc([C@H]2C[C@H]2c2ccccc2)cc1. The first-order valence-corrected chi connectivity index (χ1v) is 7.11. The van der Waals surface area contributed by atoms with Gasteiger partial charge in [-0.25, -0.2) is 4.79 Å². The van der Waals surface area contributed by atoms with Gasteiger partial charge >= 0.3 is 5.97 Å². The molecule has 0 aromatic heterocycles. The summed E-state index contributed by atoms with van der Waals surface area (Å²) < 4.78 is 5.00. The molecule has 2 atom stereocenters. The summed E-state index contributed by atoms with van der Waals surface area (Å²) in [5.74, 6) is 0.979. The highest BCUT2D eigenvalue weighted by molar-refractivity contribution is 5.89. The molecule has 1 saturated carbocycles. The molecule has 0 aliphatic heterocycles. The van der Waals surface area contributed by atoms with Crippen molar-refractivity contribution in [2.75, 3.05) is 6.61 Å². The Hall–Kier alpha value is -2.09. The Balaban J connectivity index is 1.70. The summed E-state index contributed by atoms with van der Waals surface area (Å²) in [6.45, 7) is 2.24. The quantitative estimate of drug-likeness (QED) is 0.778. The predicted octanol–water partition coefficient (Wildman–Crippen LogP) is 4.13. The van der Waals surface area contributed by atoms with Crippen molar-refractivity contribution in [3.05, 3.63) is 71.3 Å².